The van der Waals surface area contributed by atoms with Crippen molar-refractivity contribution in [1.82, 2.24) is 4.98 Å². The van der Waals surface area contributed by atoms with Crippen LogP contribution in [0.25, 0.3) is 0 Å². The van der Waals surface area contributed by atoms with Gasteiger partial charge in [0, 0.05) is 5.69 Å². The van der Waals surface area contributed by atoms with Crippen molar-refractivity contribution < 1.29 is 19.4 Å². The number of aromatic nitrogens is 1. The summed E-state index contributed by atoms with van der Waals surface area (Å²) in [7, 11) is 0. The number of rotatable bonds is 7. The van der Waals surface area contributed by atoms with Crippen molar-refractivity contribution in [3.8, 4) is 5.75 Å². The molecule has 0 aliphatic carbocycles. The Morgan fingerprint density at radius 2 is 1.66 bits per heavy atom. The van der Waals surface area contributed by atoms with E-state index in [0.717, 1.165) is 10.6 Å². The van der Waals surface area contributed by atoms with Gasteiger partial charge in [-0.15, -0.1) is 11.3 Å². The first kappa shape index (κ1) is 24.7. The average Bonchev–Trinajstić information content (AvgIpc) is 3.28. The quantitative estimate of drug-likeness (QED) is 0.385. The fourth-order valence-corrected chi connectivity index (χ4v) is 5.18. The standard InChI is InChI=1S/C28H30N2O4S/c1-15(2)19-7-11-21(12-8-19)30-24(20-9-13-22(14-10-20)34-16(3)4)23(26(32)28(30)33)25(31)27-17(5)29-18(6)35-27/h7-16,24,32H,1-6H3. The molecule has 0 saturated heterocycles. The molecular formula is C28H30N2O4S. The molecule has 6 nitrogen and oxygen atoms in total. The normalized spacial score (nSPS) is 16.1. The van der Waals surface area contributed by atoms with E-state index in [1.807, 2.05) is 69.3 Å². The van der Waals surface area contributed by atoms with Crippen molar-refractivity contribution in [2.24, 2.45) is 0 Å². The minimum atomic E-state index is -0.783. The molecule has 1 aliphatic rings. The van der Waals surface area contributed by atoms with Crippen LogP contribution >= 0.6 is 11.3 Å². The number of thiazole rings is 1. The van der Waals surface area contributed by atoms with Crippen molar-refractivity contribution in [3.05, 3.63) is 86.6 Å². The molecule has 0 radical (unpaired) electrons. The van der Waals surface area contributed by atoms with E-state index < -0.39 is 17.7 Å². The Morgan fingerprint density at radius 3 is 2.17 bits per heavy atom. The lowest BCUT2D eigenvalue weighted by Crippen LogP contribution is -2.31. The Bertz CT molecular complexity index is 1290. The number of anilines is 1. The second kappa shape index (κ2) is 9.66. The molecule has 2 heterocycles. The Kier molecular flexibility index (Phi) is 6.81. The second-order valence-corrected chi connectivity index (χ2v) is 10.5. The first-order valence-corrected chi connectivity index (χ1v) is 12.5. The lowest BCUT2D eigenvalue weighted by molar-refractivity contribution is -0.117. The van der Waals surface area contributed by atoms with E-state index in [2.05, 4.69) is 18.8 Å². The van der Waals surface area contributed by atoms with Gasteiger partial charge in [-0.3, -0.25) is 14.5 Å². The van der Waals surface area contributed by atoms with Crippen LogP contribution in [0.3, 0.4) is 0 Å². The maximum absolute atomic E-state index is 13.7. The fraction of sp³-hybridized carbons (Fsp3) is 0.321. The van der Waals surface area contributed by atoms with Gasteiger partial charge in [-0.25, -0.2) is 4.98 Å². The third-order valence-electron chi connectivity index (χ3n) is 5.97. The lowest BCUT2D eigenvalue weighted by Gasteiger charge is -2.27. The molecule has 7 heteroatoms. The summed E-state index contributed by atoms with van der Waals surface area (Å²) in [6, 6.07) is 14.2. The van der Waals surface area contributed by atoms with Gasteiger partial charge in [-0.2, -0.15) is 0 Å². The molecule has 1 N–H and O–H groups in total. The lowest BCUT2D eigenvalue weighted by atomic mass is 9.94. The van der Waals surface area contributed by atoms with Crippen LogP contribution in [0.1, 0.15) is 71.2 Å². The molecular weight excluding hydrogens is 460 g/mol. The minimum Gasteiger partial charge on any atom is -0.503 e. The Morgan fingerprint density at radius 1 is 1.03 bits per heavy atom. The number of benzene rings is 2. The molecule has 1 atom stereocenters. The predicted molar refractivity (Wildman–Crippen MR) is 139 cm³/mol. The molecule has 1 unspecified atom stereocenters. The van der Waals surface area contributed by atoms with Crippen LogP contribution in [0.5, 0.6) is 5.75 Å². The number of aryl methyl sites for hydroxylation is 2. The van der Waals surface area contributed by atoms with E-state index >= 15 is 0 Å². The van der Waals surface area contributed by atoms with Crippen LogP contribution in [0.15, 0.2) is 59.9 Å². The zero-order valence-corrected chi connectivity index (χ0v) is 21.6. The highest BCUT2D eigenvalue weighted by Gasteiger charge is 2.45. The smallest absolute Gasteiger partial charge is 0.294 e. The molecule has 0 spiro atoms. The minimum absolute atomic E-state index is 0.0171. The number of ketones is 1. The molecule has 1 amide bonds. The highest BCUT2D eigenvalue weighted by atomic mass is 32.1. The van der Waals surface area contributed by atoms with E-state index in [1.165, 1.54) is 16.2 Å². The van der Waals surface area contributed by atoms with Crippen LogP contribution < -0.4 is 9.64 Å². The van der Waals surface area contributed by atoms with E-state index in [1.54, 1.807) is 6.92 Å². The number of amides is 1. The third-order valence-corrected chi connectivity index (χ3v) is 7.04. The maximum Gasteiger partial charge on any atom is 0.294 e. The molecule has 2 aromatic carbocycles. The van der Waals surface area contributed by atoms with E-state index in [-0.39, 0.29) is 17.5 Å². The number of aliphatic hydroxyl groups is 1. The van der Waals surface area contributed by atoms with Gasteiger partial charge in [-0.1, -0.05) is 38.1 Å². The highest BCUT2D eigenvalue weighted by Crippen LogP contribution is 2.43. The van der Waals surface area contributed by atoms with Gasteiger partial charge in [-0.05, 0) is 69.0 Å². The monoisotopic (exact) mass is 490 g/mol. The molecule has 182 valence electrons. The number of carbonyl (C=O) groups is 2. The van der Waals surface area contributed by atoms with Crippen molar-refractivity contribution in [3.63, 3.8) is 0 Å². The summed E-state index contributed by atoms with van der Waals surface area (Å²) < 4.78 is 5.77. The molecule has 1 aromatic heterocycles. The van der Waals surface area contributed by atoms with E-state index in [9.17, 15) is 14.7 Å². The summed E-state index contributed by atoms with van der Waals surface area (Å²) in [6.45, 7) is 11.7. The van der Waals surface area contributed by atoms with Gasteiger partial charge in [0.1, 0.15) is 5.75 Å². The Labute approximate surface area is 209 Å². The van der Waals surface area contributed by atoms with Gasteiger partial charge >= 0.3 is 0 Å². The van der Waals surface area contributed by atoms with Crippen LogP contribution in [0.2, 0.25) is 0 Å². The molecule has 0 saturated carbocycles. The van der Waals surface area contributed by atoms with Gasteiger partial charge in [0.05, 0.1) is 33.3 Å². The molecule has 35 heavy (non-hydrogen) atoms. The summed E-state index contributed by atoms with van der Waals surface area (Å²) in [5.41, 5.74) is 3.10. The second-order valence-electron chi connectivity index (χ2n) is 9.30. The first-order chi connectivity index (χ1) is 16.6. The van der Waals surface area contributed by atoms with Gasteiger partial charge in [0.15, 0.2) is 5.76 Å². The van der Waals surface area contributed by atoms with Crippen molar-refractivity contribution >= 4 is 28.7 Å². The van der Waals surface area contributed by atoms with Crippen LogP contribution in [0.4, 0.5) is 5.69 Å². The predicted octanol–water partition coefficient (Wildman–Crippen LogP) is 6.45. The molecule has 0 bridgehead atoms. The number of hydrogen-bond donors (Lipinski definition) is 1. The summed E-state index contributed by atoms with van der Waals surface area (Å²) >= 11 is 1.27. The highest BCUT2D eigenvalue weighted by molar-refractivity contribution is 7.14. The van der Waals surface area contributed by atoms with Crippen molar-refractivity contribution in [2.75, 3.05) is 4.90 Å². The maximum atomic E-state index is 13.7. The number of aliphatic hydroxyl groups excluding tert-OH is 1. The van der Waals surface area contributed by atoms with Crippen LogP contribution in [0, 0.1) is 13.8 Å². The molecule has 3 aromatic rings. The fourth-order valence-electron chi connectivity index (χ4n) is 4.30. The molecule has 4 rings (SSSR count). The average molecular weight is 491 g/mol. The SMILES string of the molecule is Cc1nc(C)c(C(=O)C2=C(O)C(=O)N(c3ccc(C(C)C)cc3)C2c2ccc(OC(C)C)cc2)s1. The third kappa shape index (κ3) is 4.73. The number of nitrogens with zero attached hydrogens (tertiary/aromatic N) is 2. The summed E-state index contributed by atoms with van der Waals surface area (Å²) in [6.07, 6.45) is 0.0171. The summed E-state index contributed by atoms with van der Waals surface area (Å²) in [4.78, 5) is 33.4. The van der Waals surface area contributed by atoms with Gasteiger partial charge in [0.25, 0.3) is 5.91 Å². The largest absolute Gasteiger partial charge is 0.503 e. The van der Waals surface area contributed by atoms with Gasteiger partial charge in [0.2, 0.25) is 5.78 Å². The summed E-state index contributed by atoms with van der Waals surface area (Å²) in [5.74, 6) is -0.481. The first-order valence-electron chi connectivity index (χ1n) is 11.7. The Balaban J connectivity index is 1.83. The number of hydrogen-bond acceptors (Lipinski definition) is 6. The van der Waals surface area contributed by atoms with E-state index in [4.69, 9.17) is 4.74 Å². The number of Topliss-reactive ketones (excluding diaryl/α,β-unsaturated/α-hetero) is 1. The number of carbonyl (C=O) groups excluding carboxylic acids is 2. The zero-order chi connectivity index (χ0) is 25.4. The Hall–Kier alpha value is -3.45. The zero-order valence-electron chi connectivity index (χ0n) is 20.8. The van der Waals surface area contributed by atoms with Crippen molar-refractivity contribution in [2.45, 2.75) is 59.6 Å². The van der Waals surface area contributed by atoms with E-state index in [0.29, 0.717) is 33.5 Å². The van der Waals surface area contributed by atoms with Gasteiger partial charge < -0.3 is 9.84 Å². The van der Waals surface area contributed by atoms with Crippen LogP contribution in [-0.4, -0.2) is 27.9 Å². The summed E-state index contributed by atoms with van der Waals surface area (Å²) in [5, 5.41) is 11.7. The van der Waals surface area contributed by atoms with Crippen molar-refractivity contribution in [1.29, 1.82) is 0 Å². The topological polar surface area (TPSA) is 79.7 Å². The van der Waals surface area contributed by atoms with Crippen LogP contribution in [-0.2, 0) is 4.79 Å². The molecule has 0 fully saturated rings. The number of ether oxygens (including phenoxy) is 1. The molecule has 1 aliphatic heterocycles.